The molecule has 46 heavy (non-hydrogen) atoms. The van der Waals surface area contributed by atoms with E-state index in [2.05, 4.69) is 31.6 Å². The van der Waals surface area contributed by atoms with Crippen molar-refractivity contribution in [3.05, 3.63) is 76.6 Å². The minimum absolute atomic E-state index is 0.0358. The van der Waals surface area contributed by atoms with E-state index in [1.165, 1.54) is 13.0 Å². The number of benzene rings is 2. The summed E-state index contributed by atoms with van der Waals surface area (Å²) in [5, 5.41) is 30.2. The van der Waals surface area contributed by atoms with Crippen LogP contribution in [0.25, 0.3) is 0 Å². The predicted molar refractivity (Wildman–Crippen MR) is 167 cm³/mol. The van der Waals surface area contributed by atoms with Crippen molar-refractivity contribution in [2.45, 2.75) is 63.1 Å². The molecular weight excluding hydrogens is 616 g/mol. The van der Waals surface area contributed by atoms with E-state index in [1.54, 1.807) is 35.0 Å². The topological polar surface area (TPSA) is 180 Å². The summed E-state index contributed by atoms with van der Waals surface area (Å²) in [5.74, 6) is -1.78. The molecule has 5 atom stereocenters. The molecule has 1 fully saturated rings. The Bertz CT molecular complexity index is 1570. The molecule has 4 amide bonds. The Labute approximate surface area is 270 Å². The molecule has 3 aromatic rings. The Morgan fingerprint density at radius 2 is 1.83 bits per heavy atom. The molecule has 5 rings (SSSR count). The average Bonchev–Trinajstić information content (AvgIpc) is 3.64. The molecule has 14 nitrogen and oxygen atoms in total. The zero-order chi connectivity index (χ0) is 32.8. The van der Waals surface area contributed by atoms with E-state index in [4.69, 9.17) is 16.3 Å². The van der Waals surface area contributed by atoms with Gasteiger partial charge in [-0.3, -0.25) is 24.1 Å². The first kappa shape index (κ1) is 32.9. The number of ether oxygens (including phenoxy) is 1. The highest BCUT2D eigenvalue weighted by Gasteiger charge is 2.38. The molecule has 3 heterocycles. The Kier molecular flexibility index (Phi) is 10.5. The molecule has 5 N–H and O–H groups in total. The van der Waals surface area contributed by atoms with E-state index in [0.29, 0.717) is 29.6 Å². The van der Waals surface area contributed by atoms with Crippen LogP contribution >= 0.6 is 11.6 Å². The van der Waals surface area contributed by atoms with Gasteiger partial charge in [0.1, 0.15) is 30.1 Å². The number of fused-ring (bicyclic) bond motifs is 5. The molecule has 15 heteroatoms. The number of aliphatic hydroxyl groups excluding tert-OH is 1. The van der Waals surface area contributed by atoms with Gasteiger partial charge < -0.3 is 31.1 Å². The maximum absolute atomic E-state index is 13.5. The highest BCUT2D eigenvalue weighted by atomic mass is 35.5. The number of hydrogen-bond donors (Lipinski definition) is 5. The number of carbonyl (C=O) groups is 4. The summed E-state index contributed by atoms with van der Waals surface area (Å²) in [6.07, 6.45) is 0.810. The van der Waals surface area contributed by atoms with Crippen LogP contribution in [0.3, 0.4) is 0 Å². The predicted octanol–water partition coefficient (Wildman–Crippen LogP) is 0.0359. The van der Waals surface area contributed by atoms with Crippen LogP contribution < -0.4 is 26.0 Å². The van der Waals surface area contributed by atoms with Gasteiger partial charge in [0.2, 0.25) is 17.7 Å². The number of likely N-dealkylation sites (N-methyl/N-ethyl adjacent to an activating group) is 1. The normalized spacial score (nSPS) is 24.2. The van der Waals surface area contributed by atoms with Crippen molar-refractivity contribution in [2.75, 3.05) is 20.2 Å². The lowest BCUT2D eigenvalue weighted by Gasteiger charge is -2.27. The number of aliphatic hydroxyl groups is 1. The van der Waals surface area contributed by atoms with E-state index < -0.39 is 53.9 Å². The number of rotatable bonds is 3. The van der Waals surface area contributed by atoms with Crippen LogP contribution in [0, 0.1) is 0 Å². The van der Waals surface area contributed by atoms with Gasteiger partial charge in [0.15, 0.2) is 0 Å². The van der Waals surface area contributed by atoms with Crippen LogP contribution in [0.15, 0.2) is 54.7 Å². The second kappa shape index (κ2) is 14.7. The maximum Gasteiger partial charge on any atom is 0.255 e. The Hall–Kier alpha value is -4.53. The molecular formula is C31H37ClN8O6. The first-order valence-electron chi connectivity index (χ1n) is 15.0. The van der Waals surface area contributed by atoms with Gasteiger partial charge in [0.25, 0.3) is 5.91 Å². The van der Waals surface area contributed by atoms with Crippen LogP contribution in [0.1, 0.15) is 35.0 Å². The first-order chi connectivity index (χ1) is 22.1. The van der Waals surface area contributed by atoms with Gasteiger partial charge in [-0.1, -0.05) is 47.1 Å². The largest absolute Gasteiger partial charge is 0.491 e. The zero-order valence-corrected chi connectivity index (χ0v) is 26.2. The molecule has 2 aromatic carbocycles. The molecule has 1 aromatic heterocycles. The molecule has 0 unspecified atom stereocenters. The lowest BCUT2D eigenvalue weighted by Crippen LogP contribution is -2.59. The number of halogens is 1. The van der Waals surface area contributed by atoms with E-state index in [1.807, 2.05) is 30.3 Å². The van der Waals surface area contributed by atoms with Crippen LogP contribution in [0.4, 0.5) is 0 Å². The minimum atomic E-state index is -1.34. The van der Waals surface area contributed by atoms with Crippen LogP contribution in [0.5, 0.6) is 5.75 Å². The third-order valence-corrected chi connectivity index (χ3v) is 8.19. The number of nitrogens with zero attached hydrogens (tertiary/aromatic N) is 4. The maximum atomic E-state index is 13.5. The summed E-state index contributed by atoms with van der Waals surface area (Å²) in [6, 6.07) is 10.5. The molecule has 2 aliphatic rings. The standard InChI is InChI=1S/C31H37ClN8O6/c1-18(41)27-31(45)35-24(12-19-6-4-3-5-7-19)29(43)33-15-22-17-40(38-37-22)10-11-46-26-9-8-20(32)13-23(26)28(42)34-21-14-25(30(44)36-27)39(2)16-21/h3-9,13,17-18,21,24-25,27,41H,10-12,14-16H2,1-2H3,(H,33,43)(H,34,42)(H,35,45)(H,36,44)/t18-,21+,24-,25+,27+/m1/s1. The summed E-state index contributed by atoms with van der Waals surface area (Å²) >= 11 is 6.20. The van der Waals surface area contributed by atoms with Crippen molar-refractivity contribution in [3.8, 4) is 5.75 Å². The fraction of sp³-hybridized carbons (Fsp3) is 0.419. The Morgan fingerprint density at radius 3 is 2.59 bits per heavy atom. The third kappa shape index (κ3) is 8.19. The van der Waals surface area contributed by atoms with Gasteiger partial charge >= 0.3 is 0 Å². The van der Waals surface area contributed by atoms with Crippen molar-refractivity contribution in [1.82, 2.24) is 41.2 Å². The van der Waals surface area contributed by atoms with Gasteiger partial charge in [-0.05, 0) is 44.2 Å². The van der Waals surface area contributed by atoms with Crippen LogP contribution in [-0.4, -0.2) is 99.1 Å². The second-order valence-electron chi connectivity index (χ2n) is 11.5. The Morgan fingerprint density at radius 1 is 1.04 bits per heavy atom. The number of nitrogens with one attached hydrogen (secondary N) is 4. The van der Waals surface area contributed by atoms with Gasteiger partial charge in [-0.15, -0.1) is 5.10 Å². The smallest absolute Gasteiger partial charge is 0.255 e. The van der Waals surface area contributed by atoms with E-state index in [-0.39, 0.29) is 31.6 Å². The quantitative estimate of drug-likeness (QED) is 0.261. The summed E-state index contributed by atoms with van der Waals surface area (Å²) in [7, 11) is 1.74. The lowest BCUT2D eigenvalue weighted by atomic mass is 10.0. The van der Waals surface area contributed by atoms with E-state index in [9.17, 15) is 24.3 Å². The molecule has 0 spiro atoms. The molecule has 2 aliphatic heterocycles. The highest BCUT2D eigenvalue weighted by Crippen LogP contribution is 2.24. The number of likely N-dealkylation sites (tertiary alicyclic amines) is 1. The molecule has 1 saturated heterocycles. The Balaban J connectivity index is 1.41. The summed E-state index contributed by atoms with van der Waals surface area (Å²) in [5.41, 5.74) is 1.51. The number of hydrogen-bond acceptors (Lipinski definition) is 9. The third-order valence-electron chi connectivity index (χ3n) is 7.96. The van der Waals surface area contributed by atoms with Crippen molar-refractivity contribution in [2.24, 2.45) is 0 Å². The fourth-order valence-corrected chi connectivity index (χ4v) is 5.71. The highest BCUT2D eigenvalue weighted by molar-refractivity contribution is 6.31. The van der Waals surface area contributed by atoms with Crippen molar-refractivity contribution >= 4 is 35.2 Å². The minimum Gasteiger partial charge on any atom is -0.491 e. The van der Waals surface area contributed by atoms with E-state index in [0.717, 1.165) is 5.56 Å². The fourth-order valence-electron chi connectivity index (χ4n) is 5.53. The molecule has 0 saturated carbocycles. The van der Waals surface area contributed by atoms with Gasteiger partial charge in [0, 0.05) is 24.0 Å². The second-order valence-corrected chi connectivity index (χ2v) is 12.0. The summed E-state index contributed by atoms with van der Waals surface area (Å²) in [4.78, 5) is 55.4. The van der Waals surface area contributed by atoms with Crippen molar-refractivity contribution < 1.29 is 29.0 Å². The zero-order valence-electron chi connectivity index (χ0n) is 25.5. The molecule has 4 bridgehead atoms. The van der Waals surface area contributed by atoms with Crippen molar-refractivity contribution in [1.29, 1.82) is 0 Å². The summed E-state index contributed by atoms with van der Waals surface area (Å²) in [6.45, 7) is 2.26. The van der Waals surface area contributed by atoms with E-state index >= 15 is 0 Å². The van der Waals surface area contributed by atoms with Crippen LogP contribution in [0.2, 0.25) is 5.02 Å². The van der Waals surface area contributed by atoms with Gasteiger partial charge in [0.05, 0.1) is 37.0 Å². The van der Waals surface area contributed by atoms with Gasteiger partial charge in [-0.25, -0.2) is 4.68 Å². The average molecular weight is 653 g/mol. The molecule has 0 radical (unpaired) electrons. The number of aromatic nitrogens is 3. The molecule has 244 valence electrons. The van der Waals surface area contributed by atoms with Gasteiger partial charge in [-0.2, -0.15) is 0 Å². The van der Waals surface area contributed by atoms with Crippen LogP contribution in [-0.2, 0) is 33.9 Å². The first-order valence-corrected chi connectivity index (χ1v) is 15.4. The SMILES string of the molecule is C[C@@H](O)[C@@H]1NC(=O)[C@@H]2C[C@@H](CN2C)NC(=O)c2cc(Cl)ccc2OCCn2cc(nn2)CNC(=O)[C@@H](Cc2ccccc2)NC1=O. The molecule has 0 aliphatic carbocycles. The monoisotopic (exact) mass is 652 g/mol. The summed E-state index contributed by atoms with van der Waals surface area (Å²) < 4.78 is 7.48. The number of amides is 4. The lowest BCUT2D eigenvalue weighted by molar-refractivity contribution is -0.135. The van der Waals surface area contributed by atoms with Crippen molar-refractivity contribution in [3.63, 3.8) is 0 Å². The number of carbonyl (C=O) groups excluding carboxylic acids is 4.